The van der Waals surface area contributed by atoms with Crippen molar-refractivity contribution < 1.29 is 4.79 Å². The predicted octanol–water partition coefficient (Wildman–Crippen LogP) is 2.07. The second-order valence-electron chi connectivity index (χ2n) is 6.60. The lowest BCUT2D eigenvalue weighted by atomic mass is 9.98. The molecule has 1 unspecified atom stereocenters. The molecule has 0 spiro atoms. The van der Waals surface area contributed by atoms with Gasteiger partial charge in [-0.15, -0.1) is 0 Å². The molecule has 1 aliphatic heterocycles. The number of aromatic nitrogens is 1. The molecule has 0 saturated carbocycles. The SMILES string of the molecule is Cc1cccc2[nH]c(=O)c(CC(=O)N[C@H](C)C3=N[CH]C(C#N)C=C3)c(C#N)c12. The normalized spacial score (nSPS) is 16.7. The smallest absolute Gasteiger partial charge is 0.253 e. The molecule has 2 atom stereocenters. The number of nitrogens with one attached hydrogen (secondary N) is 2. The summed E-state index contributed by atoms with van der Waals surface area (Å²) in [6, 6.07) is 9.14. The molecule has 2 aromatic rings. The number of hydrogen-bond acceptors (Lipinski definition) is 5. The largest absolute Gasteiger partial charge is 0.348 e. The van der Waals surface area contributed by atoms with Gasteiger partial charge in [-0.3, -0.25) is 14.6 Å². The molecule has 7 heteroatoms. The van der Waals surface area contributed by atoms with Crippen LogP contribution in [0.1, 0.15) is 23.6 Å². The van der Waals surface area contributed by atoms with Crippen molar-refractivity contribution in [1.82, 2.24) is 10.3 Å². The minimum atomic E-state index is -0.447. The summed E-state index contributed by atoms with van der Waals surface area (Å²) in [4.78, 5) is 31.9. The molecular formula is C21H18N5O2. The molecular weight excluding hydrogens is 354 g/mol. The summed E-state index contributed by atoms with van der Waals surface area (Å²) in [5, 5.41) is 21.9. The average Bonchev–Trinajstić information content (AvgIpc) is 2.69. The van der Waals surface area contributed by atoms with E-state index in [-0.39, 0.29) is 29.4 Å². The van der Waals surface area contributed by atoms with Crippen LogP contribution in [-0.2, 0) is 11.2 Å². The minimum Gasteiger partial charge on any atom is -0.348 e. The molecule has 3 rings (SSSR count). The standard InChI is InChI=1S/C21H18N5O2/c1-12-4-3-5-18-20(12)16(10-23)15(21(28)26-18)8-19(27)25-13(2)17-7-6-14(9-22)11-24-17/h3-7,11,13-14H,8H2,1-2H3,(H,25,27)(H,26,28)/t13-,14?/m1/s1. The highest BCUT2D eigenvalue weighted by Crippen LogP contribution is 2.21. The zero-order chi connectivity index (χ0) is 20.3. The summed E-state index contributed by atoms with van der Waals surface area (Å²) in [5.74, 6) is -0.759. The maximum atomic E-state index is 12.5. The molecule has 0 saturated heterocycles. The molecule has 1 aromatic heterocycles. The Morgan fingerprint density at radius 3 is 2.82 bits per heavy atom. The number of fused-ring (bicyclic) bond motifs is 1. The second kappa shape index (κ2) is 7.89. The third-order valence-corrected chi connectivity index (χ3v) is 4.62. The van der Waals surface area contributed by atoms with E-state index in [1.165, 1.54) is 6.54 Å². The number of dihydropyridines is 1. The number of aromatic amines is 1. The molecule has 139 valence electrons. The number of pyridine rings is 1. The highest BCUT2D eigenvalue weighted by molar-refractivity contribution is 6.02. The van der Waals surface area contributed by atoms with Crippen molar-refractivity contribution in [2.24, 2.45) is 10.9 Å². The van der Waals surface area contributed by atoms with Crippen LogP contribution in [0, 0.1) is 42.0 Å². The molecule has 2 heterocycles. The zero-order valence-corrected chi connectivity index (χ0v) is 15.5. The van der Waals surface area contributed by atoms with Gasteiger partial charge in [0.15, 0.2) is 0 Å². The first-order valence-corrected chi connectivity index (χ1v) is 8.77. The van der Waals surface area contributed by atoms with Gasteiger partial charge >= 0.3 is 0 Å². The topological polar surface area (TPSA) is 122 Å². The summed E-state index contributed by atoms with van der Waals surface area (Å²) in [7, 11) is 0. The van der Waals surface area contributed by atoms with Gasteiger partial charge < -0.3 is 10.3 Å². The molecule has 0 fully saturated rings. The van der Waals surface area contributed by atoms with Crippen molar-refractivity contribution in [3.63, 3.8) is 0 Å². The molecule has 1 aromatic carbocycles. The molecule has 1 radical (unpaired) electrons. The van der Waals surface area contributed by atoms with Crippen molar-refractivity contribution in [2.45, 2.75) is 26.3 Å². The summed E-state index contributed by atoms with van der Waals surface area (Å²) in [6.45, 7) is 5.14. The van der Waals surface area contributed by atoms with Gasteiger partial charge in [0.1, 0.15) is 6.07 Å². The number of benzene rings is 1. The maximum absolute atomic E-state index is 12.5. The Hall–Kier alpha value is -3.71. The van der Waals surface area contributed by atoms with Crippen LogP contribution in [0.2, 0.25) is 0 Å². The average molecular weight is 372 g/mol. The Balaban J connectivity index is 1.83. The lowest BCUT2D eigenvalue weighted by Crippen LogP contribution is -2.40. The van der Waals surface area contributed by atoms with Crippen LogP contribution in [0.4, 0.5) is 0 Å². The van der Waals surface area contributed by atoms with Gasteiger partial charge in [0.25, 0.3) is 5.56 Å². The Bertz CT molecular complexity index is 1140. The quantitative estimate of drug-likeness (QED) is 0.853. The van der Waals surface area contributed by atoms with E-state index in [0.29, 0.717) is 16.6 Å². The lowest BCUT2D eigenvalue weighted by Gasteiger charge is -2.17. The number of carbonyl (C=O) groups is 1. The summed E-state index contributed by atoms with van der Waals surface area (Å²) >= 11 is 0. The first kappa shape index (κ1) is 19.1. The van der Waals surface area contributed by atoms with Crippen LogP contribution in [-0.4, -0.2) is 22.6 Å². The number of nitriles is 2. The Kier molecular flexibility index (Phi) is 5.37. The van der Waals surface area contributed by atoms with E-state index in [9.17, 15) is 14.9 Å². The lowest BCUT2D eigenvalue weighted by molar-refractivity contribution is -0.120. The van der Waals surface area contributed by atoms with Gasteiger partial charge in [-0.1, -0.05) is 18.2 Å². The van der Waals surface area contributed by atoms with Crippen molar-refractivity contribution >= 4 is 22.5 Å². The molecule has 0 bridgehead atoms. The van der Waals surface area contributed by atoms with Crippen LogP contribution in [0.25, 0.3) is 10.9 Å². The Morgan fingerprint density at radius 1 is 1.39 bits per heavy atom. The van der Waals surface area contributed by atoms with E-state index >= 15 is 0 Å². The third kappa shape index (κ3) is 3.70. The molecule has 1 aliphatic rings. The predicted molar refractivity (Wildman–Crippen MR) is 105 cm³/mol. The number of H-pyrrole nitrogens is 1. The molecule has 7 nitrogen and oxygen atoms in total. The van der Waals surface area contributed by atoms with E-state index in [4.69, 9.17) is 5.26 Å². The van der Waals surface area contributed by atoms with Crippen molar-refractivity contribution in [3.8, 4) is 12.1 Å². The van der Waals surface area contributed by atoms with Crippen LogP contribution < -0.4 is 10.9 Å². The summed E-state index contributed by atoms with van der Waals surface area (Å²) in [6.07, 6.45) is 3.19. The third-order valence-electron chi connectivity index (χ3n) is 4.62. The van der Waals surface area contributed by atoms with Crippen molar-refractivity contribution in [1.29, 1.82) is 10.5 Å². The van der Waals surface area contributed by atoms with E-state index in [1.54, 1.807) is 31.2 Å². The van der Waals surface area contributed by atoms with Crippen LogP contribution in [0.5, 0.6) is 0 Å². The van der Waals surface area contributed by atoms with Crippen LogP contribution in [0.15, 0.2) is 40.1 Å². The van der Waals surface area contributed by atoms with E-state index in [0.717, 1.165) is 5.56 Å². The monoisotopic (exact) mass is 372 g/mol. The number of rotatable bonds is 4. The Morgan fingerprint density at radius 2 is 2.18 bits per heavy atom. The molecule has 28 heavy (non-hydrogen) atoms. The summed E-state index contributed by atoms with van der Waals surface area (Å²) < 4.78 is 0. The number of aryl methyl sites for hydroxylation is 1. The fourth-order valence-corrected chi connectivity index (χ4v) is 3.18. The highest BCUT2D eigenvalue weighted by Gasteiger charge is 2.20. The van der Waals surface area contributed by atoms with Crippen molar-refractivity contribution in [3.05, 3.63) is 63.9 Å². The van der Waals surface area contributed by atoms with Gasteiger partial charge in [0.2, 0.25) is 5.91 Å². The second-order valence-corrected chi connectivity index (χ2v) is 6.60. The van der Waals surface area contributed by atoms with E-state index < -0.39 is 11.6 Å². The molecule has 2 N–H and O–H groups in total. The molecule has 1 amide bonds. The fourth-order valence-electron chi connectivity index (χ4n) is 3.18. The summed E-state index contributed by atoms with van der Waals surface area (Å²) in [5.41, 5.74) is 1.96. The fraction of sp³-hybridized carbons (Fsp3) is 0.238. The number of aliphatic imine (C=N–C) groups is 1. The van der Waals surface area contributed by atoms with E-state index in [1.807, 2.05) is 13.0 Å². The Labute approximate surface area is 162 Å². The number of hydrogen-bond donors (Lipinski definition) is 2. The van der Waals surface area contributed by atoms with Gasteiger partial charge in [-0.05, 0) is 31.6 Å². The van der Waals surface area contributed by atoms with Gasteiger partial charge in [-0.25, -0.2) is 0 Å². The number of nitrogens with zero attached hydrogens (tertiary/aromatic N) is 3. The van der Waals surface area contributed by atoms with Gasteiger partial charge in [0, 0.05) is 16.5 Å². The number of amides is 1. The van der Waals surface area contributed by atoms with Crippen molar-refractivity contribution in [2.75, 3.05) is 0 Å². The van der Waals surface area contributed by atoms with Gasteiger partial charge in [-0.2, -0.15) is 10.5 Å². The first-order chi connectivity index (χ1) is 13.4. The minimum absolute atomic E-state index is 0.145. The molecule has 0 aliphatic carbocycles. The zero-order valence-electron chi connectivity index (χ0n) is 15.5. The van der Waals surface area contributed by atoms with Crippen LogP contribution in [0.3, 0.4) is 0 Å². The maximum Gasteiger partial charge on any atom is 0.253 e. The first-order valence-electron chi connectivity index (χ1n) is 8.77. The highest BCUT2D eigenvalue weighted by atomic mass is 16.2. The van der Waals surface area contributed by atoms with E-state index in [2.05, 4.69) is 27.4 Å². The van der Waals surface area contributed by atoms with Crippen LogP contribution >= 0.6 is 0 Å². The van der Waals surface area contributed by atoms with Gasteiger partial charge in [0.05, 0.1) is 42.3 Å². The number of carbonyl (C=O) groups excluding carboxylic acids is 1.